The van der Waals surface area contributed by atoms with Crippen LogP contribution in [0.15, 0.2) is 46.0 Å². The van der Waals surface area contributed by atoms with E-state index in [9.17, 15) is 13.2 Å². The average molecular weight is 422 g/mol. The van der Waals surface area contributed by atoms with Crippen molar-refractivity contribution in [3.63, 3.8) is 0 Å². The smallest absolute Gasteiger partial charge is 0.252 e. The molecule has 1 aromatic carbocycles. The summed E-state index contributed by atoms with van der Waals surface area (Å²) in [6.07, 6.45) is 3.34. The van der Waals surface area contributed by atoms with E-state index in [0.29, 0.717) is 29.3 Å². The highest BCUT2D eigenvalue weighted by Crippen LogP contribution is 2.29. The maximum atomic E-state index is 12.9. The summed E-state index contributed by atoms with van der Waals surface area (Å²) in [5, 5.41) is 4.73. The second kappa shape index (κ2) is 9.07. The van der Waals surface area contributed by atoms with E-state index in [1.165, 1.54) is 11.3 Å². The molecule has 8 heteroatoms. The molecule has 2 aromatic rings. The molecule has 6 nitrogen and oxygen atoms in total. The number of carbonyl (C=O) groups excluding carboxylic acids is 1. The van der Waals surface area contributed by atoms with Gasteiger partial charge in [0, 0.05) is 44.5 Å². The van der Waals surface area contributed by atoms with Crippen LogP contribution in [0.1, 0.15) is 36.0 Å². The predicted molar refractivity (Wildman–Crippen MR) is 114 cm³/mol. The first kappa shape index (κ1) is 20.8. The molecule has 1 aliphatic rings. The van der Waals surface area contributed by atoms with Gasteiger partial charge in [-0.15, -0.1) is 11.3 Å². The number of amides is 1. The van der Waals surface area contributed by atoms with Crippen LogP contribution in [0.5, 0.6) is 0 Å². The molecule has 1 atom stereocenters. The molecule has 0 aliphatic carbocycles. The maximum absolute atomic E-state index is 12.9. The zero-order valence-electron chi connectivity index (χ0n) is 16.3. The molecule has 1 N–H and O–H groups in total. The molecular weight excluding hydrogens is 394 g/mol. The van der Waals surface area contributed by atoms with Crippen molar-refractivity contribution in [2.45, 2.75) is 35.9 Å². The number of benzene rings is 1. The highest BCUT2D eigenvalue weighted by Gasteiger charge is 2.33. The van der Waals surface area contributed by atoms with E-state index in [4.69, 9.17) is 0 Å². The second-order valence-corrected chi connectivity index (χ2v) is 10.3. The number of piperidine rings is 1. The van der Waals surface area contributed by atoms with E-state index in [-0.39, 0.29) is 11.9 Å². The lowest BCUT2D eigenvalue weighted by Crippen LogP contribution is -2.44. The van der Waals surface area contributed by atoms with Gasteiger partial charge in [0.15, 0.2) is 0 Å². The molecular formula is C20H27N3O3S2. The van der Waals surface area contributed by atoms with Gasteiger partial charge in [0.25, 0.3) is 15.9 Å². The van der Waals surface area contributed by atoms with Crippen LogP contribution in [-0.4, -0.2) is 51.9 Å². The number of sulfonamides is 1. The Kier molecular flexibility index (Phi) is 6.74. The predicted octanol–water partition coefficient (Wildman–Crippen LogP) is 3.18. The van der Waals surface area contributed by atoms with Crippen molar-refractivity contribution < 1.29 is 13.2 Å². The number of nitrogens with zero attached hydrogens (tertiary/aromatic N) is 2. The van der Waals surface area contributed by atoms with Crippen molar-refractivity contribution in [3.05, 3.63) is 47.3 Å². The number of carbonyl (C=O) groups is 1. The summed E-state index contributed by atoms with van der Waals surface area (Å²) in [5.41, 5.74) is 1.58. The van der Waals surface area contributed by atoms with Crippen LogP contribution in [-0.2, 0) is 10.0 Å². The molecule has 2 heterocycles. The summed E-state index contributed by atoms with van der Waals surface area (Å²) in [5.74, 6) is -0.132. The third-order valence-corrected chi connectivity index (χ3v) is 8.34. The first-order valence-corrected chi connectivity index (χ1v) is 11.8. The fourth-order valence-corrected chi connectivity index (χ4v) is 6.33. The zero-order valence-corrected chi connectivity index (χ0v) is 17.9. The van der Waals surface area contributed by atoms with Gasteiger partial charge in [0.1, 0.15) is 4.21 Å². The summed E-state index contributed by atoms with van der Waals surface area (Å²) in [6, 6.07) is 10.8. The molecule has 1 saturated heterocycles. The van der Waals surface area contributed by atoms with Gasteiger partial charge in [-0.3, -0.25) is 4.79 Å². The van der Waals surface area contributed by atoms with Crippen LogP contribution < -0.4 is 10.2 Å². The minimum atomic E-state index is -3.45. The Morgan fingerprint density at radius 3 is 2.79 bits per heavy atom. The fraction of sp³-hybridized carbons (Fsp3) is 0.450. The summed E-state index contributed by atoms with van der Waals surface area (Å²) in [7, 11) is 0.414. The monoisotopic (exact) mass is 421 g/mol. The van der Waals surface area contributed by atoms with E-state index in [1.807, 2.05) is 37.2 Å². The lowest BCUT2D eigenvalue weighted by Gasteiger charge is -2.34. The molecule has 1 unspecified atom stereocenters. The first-order chi connectivity index (χ1) is 13.4. The largest absolute Gasteiger partial charge is 0.378 e. The third kappa shape index (κ3) is 4.74. The molecule has 3 rings (SSSR count). The quantitative estimate of drug-likeness (QED) is 0.745. The van der Waals surface area contributed by atoms with Gasteiger partial charge < -0.3 is 10.2 Å². The minimum absolute atomic E-state index is 0.0748. The van der Waals surface area contributed by atoms with E-state index >= 15 is 0 Å². The molecule has 1 amide bonds. The van der Waals surface area contributed by atoms with Crippen molar-refractivity contribution in [2.75, 3.05) is 32.1 Å². The number of rotatable bonds is 7. The van der Waals surface area contributed by atoms with Gasteiger partial charge in [-0.1, -0.05) is 18.6 Å². The number of thiophene rings is 1. The Bertz CT molecular complexity index is 895. The third-order valence-electron chi connectivity index (χ3n) is 5.02. The minimum Gasteiger partial charge on any atom is -0.378 e. The summed E-state index contributed by atoms with van der Waals surface area (Å²) in [4.78, 5) is 14.4. The SMILES string of the molecule is CN(C)c1cccc(C(=O)NCCC2CCCCN2S(=O)(=O)c2cccs2)c1. The van der Waals surface area contributed by atoms with Gasteiger partial charge in [-0.2, -0.15) is 4.31 Å². The molecule has 28 heavy (non-hydrogen) atoms. The summed E-state index contributed by atoms with van der Waals surface area (Å²) in [6.45, 7) is 0.996. The maximum Gasteiger partial charge on any atom is 0.252 e. The molecule has 1 fully saturated rings. The van der Waals surface area contributed by atoms with Crippen LogP contribution in [0, 0.1) is 0 Å². The van der Waals surface area contributed by atoms with E-state index in [0.717, 1.165) is 24.9 Å². The van der Waals surface area contributed by atoms with Gasteiger partial charge in [0.05, 0.1) is 0 Å². The van der Waals surface area contributed by atoms with Gasteiger partial charge in [0.2, 0.25) is 0 Å². The van der Waals surface area contributed by atoms with Crippen molar-refractivity contribution >= 4 is 33.0 Å². The highest BCUT2D eigenvalue weighted by atomic mass is 32.2. The van der Waals surface area contributed by atoms with E-state index < -0.39 is 10.0 Å². The topological polar surface area (TPSA) is 69.7 Å². The molecule has 0 spiro atoms. The van der Waals surface area contributed by atoms with Crippen LogP contribution in [0.4, 0.5) is 5.69 Å². The summed E-state index contributed by atoms with van der Waals surface area (Å²) < 4.78 is 27.9. The number of hydrogen-bond donors (Lipinski definition) is 1. The number of hydrogen-bond acceptors (Lipinski definition) is 5. The van der Waals surface area contributed by atoms with Crippen molar-refractivity contribution in [3.8, 4) is 0 Å². The van der Waals surface area contributed by atoms with Crippen LogP contribution in [0.25, 0.3) is 0 Å². The number of nitrogens with one attached hydrogen (secondary N) is 1. The van der Waals surface area contributed by atoms with Crippen LogP contribution in [0.2, 0.25) is 0 Å². The average Bonchev–Trinajstić information content (AvgIpc) is 3.24. The Hall–Kier alpha value is -1.90. The first-order valence-electron chi connectivity index (χ1n) is 9.50. The van der Waals surface area contributed by atoms with Gasteiger partial charge >= 0.3 is 0 Å². The van der Waals surface area contributed by atoms with Gasteiger partial charge in [-0.05, 0) is 48.9 Å². The normalized spacial score (nSPS) is 18.0. The molecule has 0 radical (unpaired) electrons. The summed E-state index contributed by atoms with van der Waals surface area (Å²) >= 11 is 1.25. The highest BCUT2D eigenvalue weighted by molar-refractivity contribution is 7.91. The van der Waals surface area contributed by atoms with Crippen molar-refractivity contribution in [1.82, 2.24) is 9.62 Å². The van der Waals surface area contributed by atoms with Crippen LogP contribution >= 0.6 is 11.3 Å². The van der Waals surface area contributed by atoms with Crippen molar-refractivity contribution in [2.24, 2.45) is 0 Å². The Morgan fingerprint density at radius 2 is 2.07 bits per heavy atom. The molecule has 0 bridgehead atoms. The van der Waals surface area contributed by atoms with Crippen LogP contribution in [0.3, 0.4) is 0 Å². The lowest BCUT2D eigenvalue weighted by molar-refractivity contribution is 0.0949. The molecule has 152 valence electrons. The fourth-order valence-electron chi connectivity index (χ4n) is 3.48. The second-order valence-electron chi connectivity index (χ2n) is 7.19. The van der Waals surface area contributed by atoms with Gasteiger partial charge in [-0.25, -0.2) is 8.42 Å². The molecule has 1 aliphatic heterocycles. The molecule has 1 aromatic heterocycles. The Labute approximate surface area is 171 Å². The Balaban J connectivity index is 1.61. The molecule has 0 saturated carbocycles. The van der Waals surface area contributed by atoms with E-state index in [2.05, 4.69) is 5.32 Å². The standard InChI is InChI=1S/C20H27N3O3S2/c1-22(2)18-9-5-7-16(15-18)20(24)21-12-11-17-8-3-4-13-23(17)28(25,26)19-10-6-14-27-19/h5-7,9-10,14-15,17H,3-4,8,11-13H2,1-2H3,(H,21,24). The van der Waals surface area contributed by atoms with E-state index in [1.54, 1.807) is 27.9 Å². The lowest BCUT2D eigenvalue weighted by atomic mass is 10.0. The van der Waals surface area contributed by atoms with Crippen molar-refractivity contribution in [1.29, 1.82) is 0 Å². The Morgan fingerprint density at radius 1 is 1.25 bits per heavy atom. The number of anilines is 1. The zero-order chi connectivity index (χ0) is 20.1.